The molecule has 2 aliphatic heterocycles. The molecule has 7 nitrogen and oxygen atoms in total. The highest BCUT2D eigenvalue weighted by molar-refractivity contribution is 6.24. The number of hydrogen-bond donors (Lipinski definition) is 1. The molecule has 0 aromatic heterocycles. The van der Waals surface area contributed by atoms with Crippen molar-refractivity contribution in [3.8, 4) is 0 Å². The van der Waals surface area contributed by atoms with E-state index in [0.29, 0.717) is 5.56 Å². The number of carbonyl (C=O) groups excluding carboxylic acids is 4. The van der Waals surface area contributed by atoms with Crippen molar-refractivity contribution in [2.75, 3.05) is 6.54 Å². The van der Waals surface area contributed by atoms with Crippen LogP contribution in [0, 0.1) is 0 Å². The zero-order valence-corrected chi connectivity index (χ0v) is 11.5. The van der Waals surface area contributed by atoms with Gasteiger partial charge in [-0.25, -0.2) is 9.80 Å². The number of imide groups is 2. The Bertz CT molecular complexity index is 688. The summed E-state index contributed by atoms with van der Waals surface area (Å²) in [5, 5.41) is 3.79. The van der Waals surface area contributed by atoms with Gasteiger partial charge in [0.25, 0.3) is 11.8 Å². The lowest BCUT2D eigenvalue weighted by atomic mass is 10.0. The lowest BCUT2D eigenvalue weighted by molar-refractivity contribution is -0.122. The molecule has 8 heteroatoms. The minimum Gasteiger partial charge on any atom is -0.276 e. The largest absolute Gasteiger partial charge is 0.343 e. The third-order valence-corrected chi connectivity index (χ3v) is 3.68. The molecule has 21 heavy (non-hydrogen) atoms. The third kappa shape index (κ3) is 1.97. The molecule has 1 saturated heterocycles. The van der Waals surface area contributed by atoms with Crippen LogP contribution < -0.4 is 5.32 Å². The van der Waals surface area contributed by atoms with Gasteiger partial charge in [0.15, 0.2) is 0 Å². The predicted octanol–water partition coefficient (Wildman–Crippen LogP) is 0.878. The van der Waals surface area contributed by atoms with Crippen molar-refractivity contribution in [2.45, 2.75) is 12.3 Å². The van der Waals surface area contributed by atoms with Gasteiger partial charge in [0.2, 0.25) is 5.91 Å². The summed E-state index contributed by atoms with van der Waals surface area (Å²) in [5.74, 6) is -1.54. The van der Waals surface area contributed by atoms with Crippen molar-refractivity contribution in [1.82, 2.24) is 15.3 Å². The van der Waals surface area contributed by atoms with Gasteiger partial charge in [-0.15, -0.1) is 11.6 Å². The molecule has 1 aromatic carbocycles. The zero-order valence-electron chi connectivity index (χ0n) is 10.8. The number of nitrogens with one attached hydrogen (secondary N) is 1. The number of fused-ring (bicyclic) bond motifs is 1. The zero-order chi connectivity index (χ0) is 15.1. The molecule has 1 fully saturated rings. The number of alkyl halides is 1. The number of halogens is 1. The van der Waals surface area contributed by atoms with Crippen LogP contribution in [0.2, 0.25) is 0 Å². The van der Waals surface area contributed by atoms with Crippen molar-refractivity contribution in [3.63, 3.8) is 0 Å². The van der Waals surface area contributed by atoms with Gasteiger partial charge in [0.1, 0.15) is 0 Å². The first-order valence-electron chi connectivity index (χ1n) is 6.22. The molecule has 5 amide bonds. The highest BCUT2D eigenvalue weighted by atomic mass is 35.5. The van der Waals surface area contributed by atoms with Crippen molar-refractivity contribution in [3.05, 3.63) is 34.9 Å². The minimum atomic E-state index is -0.784. The fraction of sp³-hybridized carbons (Fsp3) is 0.231. The quantitative estimate of drug-likeness (QED) is 0.649. The molecule has 0 bridgehead atoms. The van der Waals surface area contributed by atoms with E-state index < -0.39 is 23.8 Å². The third-order valence-electron chi connectivity index (χ3n) is 3.40. The average molecular weight is 308 g/mol. The topological polar surface area (TPSA) is 86.8 Å². The van der Waals surface area contributed by atoms with Crippen LogP contribution in [0.15, 0.2) is 18.2 Å². The van der Waals surface area contributed by atoms with Crippen LogP contribution >= 0.6 is 11.6 Å². The highest BCUT2D eigenvalue weighted by Crippen LogP contribution is 2.28. The molecular formula is C13H10ClN3O4. The number of hydrogen-bond acceptors (Lipinski definition) is 4. The molecule has 108 valence electrons. The molecule has 0 spiro atoms. The predicted molar refractivity (Wildman–Crippen MR) is 71.4 cm³/mol. The summed E-state index contributed by atoms with van der Waals surface area (Å²) in [6.45, 7) is -0.0215. The maximum Gasteiger partial charge on any atom is 0.343 e. The molecule has 1 aromatic rings. The lowest BCUT2D eigenvalue weighted by Gasteiger charge is -2.32. The number of urea groups is 1. The Kier molecular flexibility index (Phi) is 3.13. The van der Waals surface area contributed by atoms with Gasteiger partial charge in [0.05, 0.1) is 17.7 Å². The standard InChI is InChI=1S/C13H10ClN3O4/c14-6-7-2-1-3-8-10(7)12(20)17(11(8)19)16-5-4-9(18)15-13(16)21/h1-3H,4-6H2,(H,15,18,21). The van der Waals surface area contributed by atoms with Crippen LogP contribution in [0.1, 0.15) is 32.7 Å². The number of hydrazine groups is 1. The molecule has 0 radical (unpaired) electrons. The van der Waals surface area contributed by atoms with Crippen LogP contribution in [0.3, 0.4) is 0 Å². The van der Waals surface area contributed by atoms with Gasteiger partial charge in [-0.1, -0.05) is 12.1 Å². The Balaban J connectivity index is 2.00. The molecule has 0 aliphatic carbocycles. The van der Waals surface area contributed by atoms with Gasteiger partial charge >= 0.3 is 6.03 Å². The lowest BCUT2D eigenvalue weighted by Crippen LogP contribution is -2.58. The molecular weight excluding hydrogens is 298 g/mol. The fourth-order valence-electron chi connectivity index (χ4n) is 2.42. The first-order valence-corrected chi connectivity index (χ1v) is 6.76. The monoisotopic (exact) mass is 307 g/mol. The summed E-state index contributed by atoms with van der Waals surface area (Å²) < 4.78 is 0. The van der Waals surface area contributed by atoms with Crippen LogP contribution in [-0.4, -0.2) is 40.3 Å². The first-order chi connectivity index (χ1) is 10.0. The van der Waals surface area contributed by atoms with Gasteiger partial charge < -0.3 is 0 Å². The Morgan fingerprint density at radius 2 is 1.90 bits per heavy atom. The summed E-state index contributed by atoms with van der Waals surface area (Å²) in [5.41, 5.74) is 0.952. The fourth-order valence-corrected chi connectivity index (χ4v) is 2.64. The SMILES string of the molecule is O=C1CCN(N2C(=O)c3cccc(CCl)c3C2=O)C(=O)N1. The minimum absolute atomic E-state index is 0.0215. The van der Waals surface area contributed by atoms with E-state index in [-0.39, 0.29) is 30.0 Å². The molecule has 0 saturated carbocycles. The van der Waals surface area contributed by atoms with Crippen molar-refractivity contribution in [1.29, 1.82) is 0 Å². The van der Waals surface area contributed by atoms with E-state index in [1.165, 1.54) is 6.07 Å². The normalized spacial score (nSPS) is 18.1. The first kappa shape index (κ1) is 13.6. The second-order valence-electron chi connectivity index (χ2n) is 4.62. The van der Waals surface area contributed by atoms with Gasteiger partial charge in [-0.05, 0) is 11.6 Å². The van der Waals surface area contributed by atoms with Crippen molar-refractivity contribution >= 4 is 35.4 Å². The van der Waals surface area contributed by atoms with E-state index in [9.17, 15) is 19.2 Å². The average Bonchev–Trinajstić information content (AvgIpc) is 2.72. The Labute approximate surface area is 124 Å². The summed E-state index contributed by atoms with van der Waals surface area (Å²) in [7, 11) is 0. The molecule has 2 heterocycles. The van der Waals surface area contributed by atoms with E-state index in [0.717, 1.165) is 10.0 Å². The Morgan fingerprint density at radius 1 is 1.14 bits per heavy atom. The van der Waals surface area contributed by atoms with Gasteiger partial charge in [-0.2, -0.15) is 5.01 Å². The molecule has 1 N–H and O–H groups in total. The van der Waals surface area contributed by atoms with Crippen LogP contribution in [0.5, 0.6) is 0 Å². The van der Waals surface area contributed by atoms with Crippen molar-refractivity contribution in [2.24, 2.45) is 0 Å². The number of nitrogens with zero attached hydrogens (tertiary/aromatic N) is 2. The summed E-state index contributed by atoms with van der Waals surface area (Å²) in [6.07, 6.45) is 0.0293. The number of rotatable bonds is 2. The number of amides is 5. The summed E-state index contributed by atoms with van der Waals surface area (Å²) in [6, 6.07) is 4.01. The molecule has 0 unspecified atom stereocenters. The summed E-state index contributed by atoms with van der Waals surface area (Å²) in [4.78, 5) is 47.8. The number of carbonyl (C=O) groups is 4. The van der Waals surface area contributed by atoms with Crippen LogP contribution in [0.25, 0.3) is 0 Å². The molecule has 3 rings (SSSR count). The second kappa shape index (κ2) is 4.85. The Hall–Kier alpha value is -2.41. The maximum absolute atomic E-state index is 12.5. The highest BCUT2D eigenvalue weighted by Gasteiger charge is 2.43. The Morgan fingerprint density at radius 3 is 2.57 bits per heavy atom. The van der Waals surface area contributed by atoms with E-state index in [1.54, 1.807) is 12.1 Å². The van der Waals surface area contributed by atoms with E-state index in [2.05, 4.69) is 5.32 Å². The molecule has 0 atom stereocenters. The van der Waals surface area contributed by atoms with Crippen molar-refractivity contribution < 1.29 is 19.2 Å². The van der Waals surface area contributed by atoms with E-state index >= 15 is 0 Å². The van der Waals surface area contributed by atoms with Crippen LogP contribution in [0.4, 0.5) is 4.79 Å². The maximum atomic E-state index is 12.5. The van der Waals surface area contributed by atoms with Crippen LogP contribution in [-0.2, 0) is 10.7 Å². The second-order valence-corrected chi connectivity index (χ2v) is 4.89. The van der Waals surface area contributed by atoms with E-state index in [1.807, 2.05) is 0 Å². The smallest absolute Gasteiger partial charge is 0.276 e. The van der Waals surface area contributed by atoms with Gasteiger partial charge in [-0.3, -0.25) is 19.7 Å². The van der Waals surface area contributed by atoms with E-state index in [4.69, 9.17) is 11.6 Å². The number of benzene rings is 1. The summed E-state index contributed by atoms with van der Waals surface area (Å²) >= 11 is 5.79. The van der Waals surface area contributed by atoms with Gasteiger partial charge in [0, 0.05) is 12.3 Å². The molecule has 2 aliphatic rings.